The first kappa shape index (κ1) is 24.5. The Morgan fingerprint density at radius 1 is 1.27 bits per heavy atom. The second kappa shape index (κ2) is 12.8. The molecule has 0 fully saturated rings. The Bertz CT molecular complexity index is 576. The first-order valence-electron chi connectivity index (χ1n) is 8.80. The lowest BCUT2D eigenvalue weighted by Gasteiger charge is -2.20. The topological polar surface area (TPSA) is 66.0 Å². The number of amides is 1. The molecule has 1 aromatic carbocycles. The number of guanidine groups is 1. The summed E-state index contributed by atoms with van der Waals surface area (Å²) in [5, 5.41) is 6.68. The number of halogens is 1. The third kappa shape index (κ3) is 9.26. The average Bonchev–Trinajstić information content (AvgIpc) is 2.57. The lowest BCUT2D eigenvalue weighted by atomic mass is 10.1. The van der Waals surface area contributed by atoms with Crippen LogP contribution in [0.2, 0.25) is 0 Å². The highest BCUT2D eigenvalue weighted by Crippen LogP contribution is 2.14. The molecular formula is C19H33IN4O2. The van der Waals surface area contributed by atoms with Crippen molar-refractivity contribution < 1.29 is 9.53 Å². The Balaban J connectivity index is 0.00000625. The van der Waals surface area contributed by atoms with Crippen molar-refractivity contribution in [2.45, 2.75) is 40.3 Å². The minimum atomic E-state index is -0.0651. The van der Waals surface area contributed by atoms with Crippen LogP contribution >= 0.6 is 24.0 Å². The lowest BCUT2D eigenvalue weighted by Crippen LogP contribution is -2.44. The van der Waals surface area contributed by atoms with E-state index in [-0.39, 0.29) is 36.5 Å². The highest BCUT2D eigenvalue weighted by molar-refractivity contribution is 14.0. The van der Waals surface area contributed by atoms with Crippen LogP contribution in [-0.4, -0.2) is 50.1 Å². The summed E-state index contributed by atoms with van der Waals surface area (Å²) in [5.74, 6) is 1.94. The number of aliphatic imine (C=N–C) groups is 1. The summed E-state index contributed by atoms with van der Waals surface area (Å²) in [6.45, 7) is 9.94. The number of hydrogen-bond acceptors (Lipinski definition) is 3. The lowest BCUT2D eigenvalue weighted by molar-refractivity contribution is -0.130. The molecule has 6 nitrogen and oxygen atoms in total. The molecule has 2 N–H and O–H groups in total. The van der Waals surface area contributed by atoms with Crippen molar-refractivity contribution in [3.05, 3.63) is 29.8 Å². The number of hydrogen-bond donors (Lipinski definition) is 2. The fourth-order valence-electron chi connectivity index (χ4n) is 1.88. The summed E-state index contributed by atoms with van der Waals surface area (Å²) in [6.07, 6.45) is 0. The number of nitrogens with one attached hydrogen (secondary N) is 2. The standard InChI is InChI=1S/C19H32N4O2.HI/c1-7-20-19(22-15(4)14(2)3)21-12-16-9-8-10-17(11-16)25-13-18(24)23(5)6;/h8-11,14-15H,7,12-13H2,1-6H3,(H2,20,21,22);1H. The number of benzene rings is 1. The van der Waals surface area contributed by atoms with E-state index in [1.54, 1.807) is 14.1 Å². The number of rotatable bonds is 8. The zero-order valence-electron chi connectivity index (χ0n) is 16.7. The zero-order valence-corrected chi connectivity index (χ0v) is 19.0. The number of likely N-dealkylation sites (N-methyl/N-ethyl adjacent to an activating group) is 1. The smallest absolute Gasteiger partial charge is 0.259 e. The van der Waals surface area contributed by atoms with E-state index >= 15 is 0 Å². The van der Waals surface area contributed by atoms with E-state index in [1.807, 2.05) is 31.2 Å². The minimum absolute atomic E-state index is 0. The van der Waals surface area contributed by atoms with Crippen LogP contribution in [-0.2, 0) is 11.3 Å². The van der Waals surface area contributed by atoms with Gasteiger partial charge in [0.15, 0.2) is 12.6 Å². The van der Waals surface area contributed by atoms with Gasteiger partial charge < -0.3 is 20.3 Å². The second-order valence-electron chi connectivity index (χ2n) is 6.60. The molecule has 0 aliphatic carbocycles. The van der Waals surface area contributed by atoms with E-state index in [0.717, 1.165) is 18.1 Å². The van der Waals surface area contributed by atoms with Gasteiger partial charge in [-0.05, 0) is 37.5 Å². The fraction of sp³-hybridized carbons (Fsp3) is 0.579. The summed E-state index contributed by atoms with van der Waals surface area (Å²) in [6, 6.07) is 8.02. The van der Waals surface area contributed by atoms with Crippen molar-refractivity contribution >= 4 is 35.8 Å². The summed E-state index contributed by atoms with van der Waals surface area (Å²) in [5.41, 5.74) is 1.03. The van der Waals surface area contributed by atoms with Crippen molar-refractivity contribution in [2.75, 3.05) is 27.2 Å². The van der Waals surface area contributed by atoms with Crippen LogP contribution in [0.15, 0.2) is 29.3 Å². The molecule has 7 heteroatoms. The van der Waals surface area contributed by atoms with Crippen molar-refractivity contribution in [3.8, 4) is 5.75 Å². The zero-order chi connectivity index (χ0) is 18.8. The fourth-order valence-corrected chi connectivity index (χ4v) is 1.88. The predicted octanol–water partition coefficient (Wildman–Crippen LogP) is 2.87. The van der Waals surface area contributed by atoms with E-state index in [4.69, 9.17) is 4.74 Å². The van der Waals surface area contributed by atoms with Gasteiger partial charge >= 0.3 is 0 Å². The third-order valence-corrected chi connectivity index (χ3v) is 3.89. The molecule has 1 unspecified atom stereocenters. The van der Waals surface area contributed by atoms with E-state index in [9.17, 15) is 4.79 Å². The minimum Gasteiger partial charge on any atom is -0.484 e. The van der Waals surface area contributed by atoms with Gasteiger partial charge in [0.25, 0.3) is 5.91 Å². The van der Waals surface area contributed by atoms with E-state index in [1.165, 1.54) is 4.90 Å². The van der Waals surface area contributed by atoms with E-state index < -0.39 is 0 Å². The molecule has 0 radical (unpaired) electrons. The van der Waals surface area contributed by atoms with Crippen LogP contribution < -0.4 is 15.4 Å². The SMILES string of the molecule is CCNC(=NCc1cccc(OCC(=O)N(C)C)c1)NC(C)C(C)C.I. The predicted molar refractivity (Wildman–Crippen MR) is 118 cm³/mol. The van der Waals surface area contributed by atoms with Gasteiger partial charge in [0.1, 0.15) is 5.75 Å². The van der Waals surface area contributed by atoms with Crippen LogP contribution in [0.5, 0.6) is 5.75 Å². The van der Waals surface area contributed by atoms with Gasteiger partial charge in [-0.15, -0.1) is 24.0 Å². The summed E-state index contributed by atoms with van der Waals surface area (Å²) >= 11 is 0. The first-order chi connectivity index (χ1) is 11.8. The van der Waals surface area contributed by atoms with Crippen molar-refractivity contribution in [1.82, 2.24) is 15.5 Å². The average molecular weight is 476 g/mol. The third-order valence-electron chi connectivity index (χ3n) is 3.89. The molecule has 0 bridgehead atoms. The van der Waals surface area contributed by atoms with Crippen LogP contribution in [0.3, 0.4) is 0 Å². The van der Waals surface area contributed by atoms with Crippen molar-refractivity contribution in [3.63, 3.8) is 0 Å². The Hall–Kier alpha value is -1.51. The molecule has 0 aliphatic heterocycles. The molecule has 26 heavy (non-hydrogen) atoms. The van der Waals surface area contributed by atoms with Gasteiger partial charge in [-0.25, -0.2) is 4.99 Å². The van der Waals surface area contributed by atoms with Crippen LogP contribution in [0, 0.1) is 5.92 Å². The van der Waals surface area contributed by atoms with Gasteiger partial charge in [0.2, 0.25) is 0 Å². The van der Waals surface area contributed by atoms with Gasteiger partial charge in [-0.1, -0.05) is 26.0 Å². The maximum atomic E-state index is 11.6. The maximum absolute atomic E-state index is 11.6. The van der Waals surface area contributed by atoms with Crippen molar-refractivity contribution in [1.29, 1.82) is 0 Å². The van der Waals surface area contributed by atoms with Crippen LogP contribution in [0.25, 0.3) is 0 Å². The highest BCUT2D eigenvalue weighted by Gasteiger charge is 2.09. The number of carbonyl (C=O) groups excluding carboxylic acids is 1. The number of carbonyl (C=O) groups is 1. The molecule has 0 aliphatic rings. The molecule has 0 saturated carbocycles. The monoisotopic (exact) mass is 476 g/mol. The molecule has 0 saturated heterocycles. The molecule has 1 aromatic rings. The Morgan fingerprint density at radius 2 is 1.96 bits per heavy atom. The molecule has 148 valence electrons. The Kier molecular flexibility index (Phi) is 12.0. The summed E-state index contributed by atoms with van der Waals surface area (Å²) in [7, 11) is 3.43. The maximum Gasteiger partial charge on any atom is 0.259 e. The van der Waals surface area contributed by atoms with Crippen molar-refractivity contribution in [2.24, 2.45) is 10.9 Å². The number of nitrogens with zero attached hydrogens (tertiary/aromatic N) is 2. The Morgan fingerprint density at radius 3 is 2.54 bits per heavy atom. The van der Waals surface area contributed by atoms with Gasteiger partial charge in [-0.3, -0.25) is 4.79 Å². The molecule has 1 amide bonds. The molecule has 0 aromatic heterocycles. The van der Waals surface area contributed by atoms with Gasteiger partial charge in [0, 0.05) is 26.7 Å². The molecular weight excluding hydrogens is 443 g/mol. The molecule has 0 heterocycles. The summed E-state index contributed by atoms with van der Waals surface area (Å²) in [4.78, 5) is 17.8. The van der Waals surface area contributed by atoms with Crippen LogP contribution in [0.4, 0.5) is 0 Å². The first-order valence-corrected chi connectivity index (χ1v) is 8.80. The summed E-state index contributed by atoms with van der Waals surface area (Å²) < 4.78 is 5.55. The molecule has 1 atom stereocenters. The normalized spacial score (nSPS) is 12.2. The molecule has 1 rings (SSSR count). The number of ether oxygens (including phenoxy) is 1. The van der Waals surface area contributed by atoms with E-state index in [2.05, 4.69) is 36.4 Å². The Labute approximate surface area is 174 Å². The highest BCUT2D eigenvalue weighted by atomic mass is 127. The second-order valence-corrected chi connectivity index (χ2v) is 6.60. The van der Waals surface area contributed by atoms with Gasteiger partial charge in [0.05, 0.1) is 6.54 Å². The largest absolute Gasteiger partial charge is 0.484 e. The van der Waals surface area contributed by atoms with Crippen LogP contribution in [0.1, 0.15) is 33.3 Å². The van der Waals surface area contributed by atoms with E-state index in [0.29, 0.717) is 24.3 Å². The van der Waals surface area contributed by atoms with Gasteiger partial charge in [-0.2, -0.15) is 0 Å². The molecule has 0 spiro atoms. The quantitative estimate of drug-likeness (QED) is 0.344.